The summed E-state index contributed by atoms with van der Waals surface area (Å²) >= 11 is 0. The molecule has 0 aromatic heterocycles. The normalized spacial score (nSPS) is 10.3. The van der Waals surface area contributed by atoms with Crippen molar-refractivity contribution in [2.45, 2.75) is 6.42 Å². The van der Waals surface area contributed by atoms with Crippen molar-refractivity contribution in [3.8, 4) is 0 Å². The third-order valence-electron chi connectivity index (χ3n) is 3.97. The van der Waals surface area contributed by atoms with Crippen molar-refractivity contribution in [3.63, 3.8) is 0 Å². The van der Waals surface area contributed by atoms with E-state index in [1.165, 1.54) is 21.1 Å². The van der Waals surface area contributed by atoms with Gasteiger partial charge in [-0.1, -0.05) is 77.1 Å². The van der Waals surface area contributed by atoms with Crippen molar-refractivity contribution in [2.24, 2.45) is 0 Å². The number of fused-ring (bicyclic) bond motifs is 1. The molecule has 148 valence electrons. The molecule has 0 nitrogen and oxygen atoms in total. The van der Waals surface area contributed by atoms with Gasteiger partial charge in [0.2, 0.25) is 0 Å². The molecule has 30 heavy (non-hydrogen) atoms. The van der Waals surface area contributed by atoms with Crippen LogP contribution in [0.3, 0.4) is 0 Å². The van der Waals surface area contributed by atoms with Crippen molar-refractivity contribution in [2.75, 3.05) is 0 Å². The van der Waals surface area contributed by atoms with Gasteiger partial charge < -0.3 is 24.8 Å². The Morgan fingerprint density at radius 2 is 1.27 bits per heavy atom. The molecule has 1 aliphatic carbocycles. The molecule has 0 bridgehead atoms. The summed E-state index contributed by atoms with van der Waals surface area (Å²) in [5.41, 5.74) is 0. The van der Waals surface area contributed by atoms with E-state index in [0.717, 1.165) is 15.9 Å². The van der Waals surface area contributed by atoms with E-state index in [0.29, 0.717) is 0 Å². The zero-order chi connectivity index (χ0) is 18.6. The largest absolute Gasteiger partial charge is 4.00 e. The molecule has 2 radical (unpaired) electrons. The van der Waals surface area contributed by atoms with Crippen LogP contribution < -0.4 is 35.2 Å². The maximum absolute atomic E-state index is 2.99. The number of halogens is 2. The molecule has 4 heteroatoms. The summed E-state index contributed by atoms with van der Waals surface area (Å²) in [5.74, 6) is 0. The molecule has 0 aliphatic heterocycles. The van der Waals surface area contributed by atoms with E-state index < -0.39 is 0 Å². The summed E-state index contributed by atoms with van der Waals surface area (Å²) in [6.07, 6.45) is 10.0. The van der Waals surface area contributed by atoms with Crippen LogP contribution in [0.1, 0.15) is 6.42 Å². The molecule has 0 heterocycles. The maximum Gasteiger partial charge on any atom is 4.00 e. The van der Waals surface area contributed by atoms with Crippen LogP contribution in [0, 0.1) is 6.08 Å². The average molecular weight is 481 g/mol. The monoisotopic (exact) mass is 480 g/mol. The minimum absolute atomic E-state index is 0. The molecule has 0 atom stereocenters. The third kappa shape index (κ3) is 10.3. The van der Waals surface area contributed by atoms with Gasteiger partial charge in [0.05, 0.1) is 0 Å². The number of rotatable bonds is 2. The van der Waals surface area contributed by atoms with E-state index in [-0.39, 0.29) is 46.5 Å². The molecule has 0 spiro atoms. The Bertz CT molecular complexity index is 902. The van der Waals surface area contributed by atoms with Crippen LogP contribution in [0.15, 0.2) is 121 Å². The zero-order valence-electron chi connectivity index (χ0n) is 16.5. The van der Waals surface area contributed by atoms with Crippen molar-refractivity contribution in [1.82, 2.24) is 0 Å². The second-order valence-corrected chi connectivity index (χ2v) is 7.42. The fourth-order valence-corrected chi connectivity index (χ4v) is 3.67. The third-order valence-corrected chi connectivity index (χ3v) is 5.21. The zero-order valence-corrected chi connectivity index (χ0v) is 20.6. The van der Waals surface area contributed by atoms with Crippen LogP contribution in [0.2, 0.25) is 0 Å². The SMILES string of the molecule is [C-]1=CC=CC1.[Cl-].[Cl-].[Ti+4].c1ccc([Si]c2ccccc2)cc1.c1ccc2[cH-]ccc2c1. The molecule has 0 fully saturated rings. The van der Waals surface area contributed by atoms with Crippen molar-refractivity contribution < 1.29 is 46.5 Å². The predicted octanol–water partition coefficient (Wildman–Crippen LogP) is -0.789. The van der Waals surface area contributed by atoms with Crippen LogP contribution in [-0.4, -0.2) is 9.52 Å². The smallest absolute Gasteiger partial charge is 1.00 e. The Balaban J connectivity index is 0.000000435. The first kappa shape index (κ1) is 28.3. The van der Waals surface area contributed by atoms with Crippen LogP contribution in [0.5, 0.6) is 0 Å². The molecule has 0 unspecified atom stereocenters. The van der Waals surface area contributed by atoms with E-state index >= 15 is 0 Å². The Hall–Kier alpha value is -1.74. The number of hydrogen-bond acceptors (Lipinski definition) is 0. The predicted molar refractivity (Wildman–Crippen MR) is 119 cm³/mol. The molecule has 0 saturated heterocycles. The Morgan fingerprint density at radius 3 is 1.73 bits per heavy atom. The van der Waals surface area contributed by atoms with E-state index in [4.69, 9.17) is 0 Å². The molecular weight excluding hydrogens is 459 g/mol. The molecule has 0 amide bonds. The van der Waals surface area contributed by atoms with Gasteiger partial charge in [-0.05, 0) is 0 Å². The van der Waals surface area contributed by atoms with Crippen molar-refractivity contribution in [1.29, 1.82) is 0 Å². The first-order chi connectivity index (χ1) is 13.4. The summed E-state index contributed by atoms with van der Waals surface area (Å²) in [5, 5.41) is 5.46. The van der Waals surface area contributed by atoms with Gasteiger partial charge >= 0.3 is 21.7 Å². The van der Waals surface area contributed by atoms with Crippen LogP contribution in [0.25, 0.3) is 10.8 Å². The van der Waals surface area contributed by atoms with Crippen molar-refractivity contribution >= 4 is 30.7 Å². The summed E-state index contributed by atoms with van der Waals surface area (Å²) < 4.78 is 0. The Kier molecular flexibility index (Phi) is 16.0. The summed E-state index contributed by atoms with van der Waals surface area (Å²) in [6, 6.07) is 35.8. The van der Waals surface area contributed by atoms with E-state index in [2.05, 4.69) is 115 Å². The Labute approximate surface area is 210 Å². The molecule has 5 rings (SSSR count). The van der Waals surface area contributed by atoms with Gasteiger partial charge in [-0.25, -0.2) is 12.2 Å². The maximum atomic E-state index is 2.99. The topological polar surface area (TPSA) is 0 Å². The first-order valence-corrected chi connectivity index (χ1v) is 10.1. The number of benzene rings is 3. The van der Waals surface area contributed by atoms with Gasteiger partial charge in [0.15, 0.2) is 0 Å². The van der Waals surface area contributed by atoms with Gasteiger partial charge in [-0.3, -0.25) is 6.08 Å². The van der Waals surface area contributed by atoms with E-state index in [1.54, 1.807) is 0 Å². The number of allylic oxidation sites excluding steroid dienone is 4. The summed E-state index contributed by atoms with van der Waals surface area (Å²) in [4.78, 5) is 0. The van der Waals surface area contributed by atoms with E-state index in [1.807, 2.05) is 12.2 Å². The molecule has 1 aliphatic rings. The molecule has 0 saturated carbocycles. The van der Waals surface area contributed by atoms with E-state index in [9.17, 15) is 0 Å². The van der Waals surface area contributed by atoms with Crippen LogP contribution in [0.4, 0.5) is 0 Å². The Morgan fingerprint density at radius 1 is 0.700 bits per heavy atom. The quantitative estimate of drug-likeness (QED) is 0.260. The second-order valence-electron chi connectivity index (χ2n) is 6.01. The molecule has 4 aromatic carbocycles. The number of hydrogen-bond donors (Lipinski definition) is 0. The van der Waals surface area contributed by atoms with Crippen LogP contribution >= 0.6 is 0 Å². The van der Waals surface area contributed by atoms with Gasteiger partial charge in [0.1, 0.15) is 9.52 Å². The van der Waals surface area contributed by atoms with Crippen molar-refractivity contribution in [3.05, 3.63) is 127 Å². The minimum atomic E-state index is 0. The molecule has 4 aromatic rings. The minimum Gasteiger partial charge on any atom is -1.00 e. The molecular formula is C26H22Cl2SiTi. The summed E-state index contributed by atoms with van der Waals surface area (Å²) in [7, 11) is 0.777. The fourth-order valence-electron chi connectivity index (χ4n) is 2.62. The van der Waals surface area contributed by atoms with Gasteiger partial charge in [0.25, 0.3) is 0 Å². The fraction of sp³-hybridized carbons (Fsp3) is 0.0385. The summed E-state index contributed by atoms with van der Waals surface area (Å²) in [6.45, 7) is 0. The van der Waals surface area contributed by atoms with Gasteiger partial charge in [0, 0.05) is 0 Å². The van der Waals surface area contributed by atoms with Gasteiger partial charge in [-0.15, -0.1) is 36.1 Å². The molecule has 0 N–H and O–H groups in total. The average Bonchev–Trinajstić information content (AvgIpc) is 3.45. The van der Waals surface area contributed by atoms with Gasteiger partial charge in [-0.2, -0.15) is 23.6 Å². The second kappa shape index (κ2) is 17.0. The standard InChI is InChI=1S/C12H10Si.C9H7.C5H5.2ClH.Ti/c1-3-7-11(8-4-1)13-12-9-5-2-6-10-12;1-2-5-9-7-3-6-8(9)4-1;1-2-4-5-3-1;;;/h1-10H;1-7H;1-3H,4H2;2*1H;/q;2*-1;;;+4/p-2. The van der Waals surface area contributed by atoms with Crippen LogP contribution in [-0.2, 0) is 21.7 Å². The first-order valence-electron chi connectivity index (χ1n) is 9.11.